The fraction of sp³-hybridized carbons (Fsp3) is 0.583. The molecule has 1 unspecified atom stereocenters. The summed E-state index contributed by atoms with van der Waals surface area (Å²) in [6, 6.07) is 1.37. The van der Waals surface area contributed by atoms with E-state index in [0.717, 1.165) is 37.2 Å². The number of rotatable bonds is 6. The molecule has 1 aliphatic heterocycles. The van der Waals surface area contributed by atoms with Crippen LogP contribution in [0.25, 0.3) is 0 Å². The third-order valence-corrected chi connectivity index (χ3v) is 3.72. The Morgan fingerprint density at radius 1 is 1.63 bits per heavy atom. The van der Waals surface area contributed by atoms with Gasteiger partial charge in [0.2, 0.25) is 0 Å². The van der Waals surface area contributed by atoms with Gasteiger partial charge in [0.1, 0.15) is 10.6 Å². The molecule has 106 valence electrons. The maximum absolute atomic E-state index is 12.1. The van der Waals surface area contributed by atoms with Crippen LogP contribution in [-0.4, -0.2) is 31.8 Å². The minimum absolute atomic E-state index is 0.0744. The lowest BCUT2D eigenvalue weighted by Crippen LogP contribution is -2.26. The van der Waals surface area contributed by atoms with E-state index >= 15 is 0 Å². The minimum Gasteiger partial charge on any atom is -0.433 e. The van der Waals surface area contributed by atoms with Crippen LogP contribution in [0, 0.1) is 0 Å². The average molecular weight is 291 g/mol. The average Bonchev–Trinajstić information content (AvgIpc) is 2.99. The molecular formula is C12H15F2NO3S. The molecule has 0 aromatic carbocycles. The van der Waals surface area contributed by atoms with E-state index in [9.17, 15) is 13.6 Å². The number of alkyl halides is 2. The molecule has 1 aliphatic rings. The molecule has 2 rings (SSSR count). The van der Waals surface area contributed by atoms with Crippen LogP contribution in [-0.2, 0) is 4.74 Å². The Kier molecular flexibility index (Phi) is 5.09. The van der Waals surface area contributed by atoms with Crippen LogP contribution in [0.4, 0.5) is 8.78 Å². The van der Waals surface area contributed by atoms with Gasteiger partial charge in [-0.05, 0) is 30.7 Å². The predicted molar refractivity (Wildman–Crippen MR) is 66.9 cm³/mol. The number of nitrogens with one attached hydrogen (secondary N) is 1. The molecule has 1 N–H and O–H groups in total. The maximum Gasteiger partial charge on any atom is 0.387 e. The largest absolute Gasteiger partial charge is 0.433 e. The highest BCUT2D eigenvalue weighted by Gasteiger charge is 2.19. The Balaban J connectivity index is 1.80. The van der Waals surface area contributed by atoms with E-state index in [1.807, 2.05) is 0 Å². The second-order valence-corrected chi connectivity index (χ2v) is 5.09. The Bertz CT molecular complexity index is 419. The first-order chi connectivity index (χ1) is 9.16. The Labute approximate surface area is 113 Å². The van der Waals surface area contributed by atoms with Crippen LogP contribution < -0.4 is 10.1 Å². The molecule has 19 heavy (non-hydrogen) atoms. The van der Waals surface area contributed by atoms with Crippen molar-refractivity contribution in [2.24, 2.45) is 0 Å². The number of thiophene rings is 1. The number of amides is 1. The van der Waals surface area contributed by atoms with E-state index in [0.29, 0.717) is 6.54 Å². The summed E-state index contributed by atoms with van der Waals surface area (Å²) < 4.78 is 34.0. The molecule has 4 nitrogen and oxygen atoms in total. The van der Waals surface area contributed by atoms with Crippen LogP contribution in [0.5, 0.6) is 5.75 Å². The summed E-state index contributed by atoms with van der Waals surface area (Å²) in [7, 11) is 0. The van der Waals surface area contributed by atoms with Crippen LogP contribution >= 0.6 is 11.3 Å². The first-order valence-electron chi connectivity index (χ1n) is 6.09. The molecule has 1 fully saturated rings. The van der Waals surface area contributed by atoms with Gasteiger partial charge >= 0.3 is 6.61 Å². The SMILES string of the molecule is O=C(NCCC1CCCO1)c1sccc1OC(F)F. The van der Waals surface area contributed by atoms with Gasteiger partial charge in [0, 0.05) is 13.2 Å². The quantitative estimate of drug-likeness (QED) is 0.876. The lowest BCUT2D eigenvalue weighted by Gasteiger charge is -2.10. The lowest BCUT2D eigenvalue weighted by molar-refractivity contribution is -0.0498. The first-order valence-corrected chi connectivity index (χ1v) is 6.97. The van der Waals surface area contributed by atoms with E-state index in [1.165, 1.54) is 6.07 Å². The normalized spacial score (nSPS) is 18.8. The van der Waals surface area contributed by atoms with E-state index < -0.39 is 6.61 Å². The topological polar surface area (TPSA) is 47.6 Å². The van der Waals surface area contributed by atoms with E-state index in [2.05, 4.69) is 10.1 Å². The lowest BCUT2D eigenvalue weighted by atomic mass is 10.2. The van der Waals surface area contributed by atoms with Gasteiger partial charge in [-0.2, -0.15) is 8.78 Å². The zero-order valence-electron chi connectivity index (χ0n) is 10.2. The summed E-state index contributed by atoms with van der Waals surface area (Å²) in [6.45, 7) is -1.68. The molecule has 1 amide bonds. The molecule has 1 saturated heterocycles. The van der Waals surface area contributed by atoms with Crippen molar-refractivity contribution >= 4 is 17.2 Å². The number of hydrogen-bond acceptors (Lipinski definition) is 4. The van der Waals surface area contributed by atoms with Crippen LogP contribution in [0.15, 0.2) is 11.4 Å². The number of ether oxygens (including phenoxy) is 2. The number of halogens is 2. The molecule has 1 atom stereocenters. The minimum atomic E-state index is -2.92. The van der Waals surface area contributed by atoms with Gasteiger partial charge < -0.3 is 14.8 Å². The molecule has 2 heterocycles. The van der Waals surface area contributed by atoms with Crippen molar-refractivity contribution in [3.05, 3.63) is 16.3 Å². The van der Waals surface area contributed by atoms with Crippen molar-refractivity contribution in [2.75, 3.05) is 13.2 Å². The van der Waals surface area contributed by atoms with Gasteiger partial charge in [0.05, 0.1) is 6.10 Å². The van der Waals surface area contributed by atoms with E-state index in [-0.39, 0.29) is 22.6 Å². The molecular weight excluding hydrogens is 276 g/mol. The summed E-state index contributed by atoms with van der Waals surface area (Å²) in [5, 5.41) is 4.24. The van der Waals surface area contributed by atoms with E-state index in [4.69, 9.17) is 4.74 Å². The Hall–Kier alpha value is -1.21. The Morgan fingerprint density at radius 2 is 2.47 bits per heavy atom. The molecule has 0 bridgehead atoms. The standard InChI is InChI=1S/C12H15F2NO3S/c13-12(14)18-9-4-7-19-10(9)11(16)15-5-3-8-2-1-6-17-8/h4,7-8,12H,1-3,5-6H2,(H,15,16). The maximum atomic E-state index is 12.1. The third kappa shape index (κ3) is 4.14. The molecule has 0 radical (unpaired) electrons. The highest BCUT2D eigenvalue weighted by molar-refractivity contribution is 7.12. The highest BCUT2D eigenvalue weighted by atomic mass is 32.1. The van der Waals surface area contributed by atoms with Crippen molar-refractivity contribution in [3.63, 3.8) is 0 Å². The number of carbonyl (C=O) groups is 1. The van der Waals surface area contributed by atoms with Crippen molar-refractivity contribution < 1.29 is 23.0 Å². The van der Waals surface area contributed by atoms with Gasteiger partial charge in [-0.25, -0.2) is 0 Å². The zero-order chi connectivity index (χ0) is 13.7. The molecule has 1 aromatic rings. The first kappa shape index (κ1) is 14.2. The molecule has 0 aliphatic carbocycles. The van der Waals surface area contributed by atoms with Gasteiger partial charge in [0.15, 0.2) is 0 Å². The third-order valence-electron chi connectivity index (χ3n) is 2.83. The van der Waals surface area contributed by atoms with Crippen LogP contribution in [0.3, 0.4) is 0 Å². The van der Waals surface area contributed by atoms with Crippen LogP contribution in [0.2, 0.25) is 0 Å². The van der Waals surface area contributed by atoms with Crippen LogP contribution in [0.1, 0.15) is 28.9 Å². The van der Waals surface area contributed by atoms with E-state index in [1.54, 1.807) is 5.38 Å². The van der Waals surface area contributed by atoms with Gasteiger partial charge in [-0.1, -0.05) is 0 Å². The molecule has 1 aromatic heterocycles. The molecule has 0 saturated carbocycles. The van der Waals surface area contributed by atoms with Crippen molar-refractivity contribution in [3.8, 4) is 5.75 Å². The fourth-order valence-corrected chi connectivity index (χ4v) is 2.69. The summed E-state index contributed by atoms with van der Waals surface area (Å²) in [5.41, 5.74) is 0. The van der Waals surface area contributed by atoms with Crippen molar-refractivity contribution in [1.29, 1.82) is 0 Å². The summed E-state index contributed by atoms with van der Waals surface area (Å²) in [5.74, 6) is -0.460. The summed E-state index contributed by atoms with van der Waals surface area (Å²) in [6.07, 6.45) is 2.99. The smallest absolute Gasteiger partial charge is 0.387 e. The van der Waals surface area contributed by atoms with Crippen molar-refractivity contribution in [1.82, 2.24) is 5.32 Å². The van der Waals surface area contributed by atoms with Gasteiger partial charge in [0.25, 0.3) is 5.91 Å². The Morgan fingerprint density at radius 3 is 3.16 bits per heavy atom. The summed E-state index contributed by atoms with van der Waals surface area (Å²) >= 11 is 1.08. The number of hydrogen-bond donors (Lipinski definition) is 1. The van der Waals surface area contributed by atoms with Crippen molar-refractivity contribution in [2.45, 2.75) is 32.0 Å². The summed E-state index contributed by atoms with van der Waals surface area (Å²) in [4.78, 5) is 12.0. The van der Waals surface area contributed by atoms with Gasteiger partial charge in [-0.3, -0.25) is 4.79 Å². The number of carbonyl (C=O) groups excluding carboxylic acids is 1. The molecule has 7 heteroatoms. The second kappa shape index (κ2) is 6.81. The predicted octanol–water partition coefficient (Wildman–Crippen LogP) is 2.65. The monoisotopic (exact) mass is 291 g/mol. The fourth-order valence-electron chi connectivity index (χ4n) is 1.95. The highest BCUT2D eigenvalue weighted by Crippen LogP contribution is 2.26. The van der Waals surface area contributed by atoms with Gasteiger partial charge in [-0.15, -0.1) is 11.3 Å². The zero-order valence-corrected chi connectivity index (χ0v) is 11.1. The molecule has 0 spiro atoms. The second-order valence-electron chi connectivity index (χ2n) is 4.17.